The summed E-state index contributed by atoms with van der Waals surface area (Å²) in [7, 11) is 0. The molecule has 2 aromatic rings. The van der Waals surface area contributed by atoms with E-state index in [2.05, 4.69) is 33.9 Å². The summed E-state index contributed by atoms with van der Waals surface area (Å²) >= 11 is 0. The summed E-state index contributed by atoms with van der Waals surface area (Å²) < 4.78 is 0. The maximum atomic E-state index is 12.3. The Hall–Kier alpha value is -2.17. The van der Waals surface area contributed by atoms with Crippen LogP contribution in [0.5, 0.6) is 0 Å². The zero-order valence-electron chi connectivity index (χ0n) is 12.4. The van der Waals surface area contributed by atoms with Crippen LogP contribution in [0.25, 0.3) is 11.3 Å². The van der Waals surface area contributed by atoms with Crippen molar-refractivity contribution in [1.29, 1.82) is 0 Å². The third kappa shape index (κ3) is 2.96. The van der Waals surface area contributed by atoms with Gasteiger partial charge >= 0.3 is 0 Å². The lowest BCUT2D eigenvalue weighted by Gasteiger charge is -2.34. The molecule has 1 fully saturated rings. The van der Waals surface area contributed by atoms with E-state index in [1.54, 1.807) is 0 Å². The van der Waals surface area contributed by atoms with Gasteiger partial charge in [0, 0.05) is 18.7 Å². The SMILES string of the molecule is CC1CC(C)CN(c2nnc(-c3ccccc3)c(=O)[nH]2)C1. The number of aromatic amines is 1. The van der Waals surface area contributed by atoms with E-state index in [1.165, 1.54) is 6.42 Å². The first-order valence-electron chi connectivity index (χ1n) is 7.41. The van der Waals surface area contributed by atoms with Crippen LogP contribution in [0.4, 0.5) is 5.95 Å². The summed E-state index contributed by atoms with van der Waals surface area (Å²) in [5.74, 6) is 1.79. The largest absolute Gasteiger partial charge is 0.341 e. The highest BCUT2D eigenvalue weighted by Gasteiger charge is 2.24. The van der Waals surface area contributed by atoms with Crippen LogP contribution in [0.1, 0.15) is 20.3 Å². The number of hydrogen-bond donors (Lipinski definition) is 1. The Balaban J connectivity index is 1.90. The molecule has 0 radical (unpaired) electrons. The smallest absolute Gasteiger partial charge is 0.279 e. The quantitative estimate of drug-likeness (QED) is 0.919. The van der Waals surface area contributed by atoms with Crippen LogP contribution in [0.3, 0.4) is 0 Å². The van der Waals surface area contributed by atoms with Gasteiger partial charge in [0.05, 0.1) is 0 Å². The lowest BCUT2D eigenvalue weighted by atomic mass is 9.92. The van der Waals surface area contributed by atoms with Gasteiger partial charge in [0.15, 0.2) is 5.69 Å². The van der Waals surface area contributed by atoms with Crippen molar-refractivity contribution < 1.29 is 0 Å². The fraction of sp³-hybridized carbons (Fsp3) is 0.438. The molecule has 1 saturated heterocycles. The van der Waals surface area contributed by atoms with Crippen LogP contribution in [-0.4, -0.2) is 28.3 Å². The molecule has 0 saturated carbocycles. The monoisotopic (exact) mass is 284 g/mol. The van der Waals surface area contributed by atoms with Gasteiger partial charge in [-0.05, 0) is 18.3 Å². The van der Waals surface area contributed by atoms with Crippen molar-refractivity contribution in [3.8, 4) is 11.3 Å². The number of piperidine rings is 1. The van der Waals surface area contributed by atoms with Crippen LogP contribution in [-0.2, 0) is 0 Å². The normalized spacial score (nSPS) is 22.3. The van der Waals surface area contributed by atoms with Gasteiger partial charge in [0.2, 0.25) is 5.95 Å². The number of nitrogens with one attached hydrogen (secondary N) is 1. The Morgan fingerprint density at radius 3 is 2.38 bits per heavy atom. The van der Waals surface area contributed by atoms with E-state index in [9.17, 15) is 4.79 Å². The predicted molar refractivity (Wildman–Crippen MR) is 83.2 cm³/mol. The number of H-pyrrole nitrogens is 1. The Labute approximate surface area is 124 Å². The molecule has 5 heteroatoms. The van der Waals surface area contributed by atoms with Gasteiger partial charge in [0.25, 0.3) is 5.56 Å². The molecule has 0 amide bonds. The van der Waals surface area contributed by atoms with E-state index in [4.69, 9.17) is 0 Å². The maximum Gasteiger partial charge on any atom is 0.279 e. The van der Waals surface area contributed by atoms with E-state index >= 15 is 0 Å². The second-order valence-electron chi connectivity index (χ2n) is 6.04. The molecule has 21 heavy (non-hydrogen) atoms. The van der Waals surface area contributed by atoms with Crippen LogP contribution in [0, 0.1) is 11.8 Å². The van der Waals surface area contributed by atoms with Crippen molar-refractivity contribution in [2.45, 2.75) is 20.3 Å². The highest BCUT2D eigenvalue weighted by atomic mass is 16.1. The Bertz CT molecular complexity index is 657. The van der Waals surface area contributed by atoms with Gasteiger partial charge in [-0.3, -0.25) is 9.78 Å². The Morgan fingerprint density at radius 2 is 1.76 bits per heavy atom. The molecule has 0 aliphatic carbocycles. The van der Waals surface area contributed by atoms with Crippen molar-refractivity contribution in [3.63, 3.8) is 0 Å². The minimum absolute atomic E-state index is 0.183. The molecular weight excluding hydrogens is 264 g/mol. The maximum absolute atomic E-state index is 12.3. The molecule has 5 nitrogen and oxygen atoms in total. The molecule has 1 aromatic carbocycles. The minimum Gasteiger partial charge on any atom is -0.341 e. The van der Waals surface area contributed by atoms with E-state index < -0.39 is 0 Å². The number of hydrogen-bond acceptors (Lipinski definition) is 4. The number of anilines is 1. The van der Waals surface area contributed by atoms with Crippen LogP contribution in [0.2, 0.25) is 0 Å². The zero-order chi connectivity index (χ0) is 14.8. The van der Waals surface area contributed by atoms with Gasteiger partial charge in [0.1, 0.15) is 0 Å². The zero-order valence-corrected chi connectivity index (χ0v) is 12.4. The fourth-order valence-electron chi connectivity index (χ4n) is 3.09. The molecule has 2 heterocycles. The number of nitrogens with zero attached hydrogens (tertiary/aromatic N) is 3. The van der Waals surface area contributed by atoms with Gasteiger partial charge in [-0.1, -0.05) is 44.2 Å². The van der Waals surface area contributed by atoms with E-state index in [-0.39, 0.29) is 5.56 Å². The number of aromatic nitrogens is 3. The average molecular weight is 284 g/mol. The summed E-state index contributed by atoms with van der Waals surface area (Å²) in [4.78, 5) is 17.3. The van der Waals surface area contributed by atoms with Gasteiger partial charge in [-0.25, -0.2) is 0 Å². The predicted octanol–water partition coefficient (Wildman–Crippen LogP) is 2.31. The van der Waals surface area contributed by atoms with Crippen molar-refractivity contribution in [3.05, 3.63) is 40.7 Å². The molecule has 110 valence electrons. The van der Waals surface area contributed by atoms with Crippen LogP contribution in [0.15, 0.2) is 35.1 Å². The first-order chi connectivity index (χ1) is 10.1. The summed E-state index contributed by atoms with van der Waals surface area (Å²) in [6.45, 7) is 6.29. The van der Waals surface area contributed by atoms with Crippen molar-refractivity contribution in [2.24, 2.45) is 11.8 Å². The molecule has 2 atom stereocenters. The molecular formula is C16H20N4O. The fourth-order valence-corrected chi connectivity index (χ4v) is 3.09. The second-order valence-corrected chi connectivity index (χ2v) is 6.04. The second kappa shape index (κ2) is 5.68. The third-order valence-electron chi connectivity index (χ3n) is 3.90. The molecule has 0 bridgehead atoms. The van der Waals surface area contributed by atoms with Crippen molar-refractivity contribution >= 4 is 5.95 Å². The first-order valence-corrected chi connectivity index (χ1v) is 7.41. The lowest BCUT2D eigenvalue weighted by Crippen LogP contribution is -2.40. The first kappa shape index (κ1) is 13.8. The van der Waals surface area contributed by atoms with Crippen molar-refractivity contribution in [1.82, 2.24) is 15.2 Å². The molecule has 1 aliphatic rings. The van der Waals surface area contributed by atoms with Crippen molar-refractivity contribution in [2.75, 3.05) is 18.0 Å². The molecule has 2 unspecified atom stereocenters. The van der Waals surface area contributed by atoms with E-state index in [0.29, 0.717) is 23.5 Å². The summed E-state index contributed by atoms with van der Waals surface area (Å²) in [5, 5.41) is 8.37. The highest BCUT2D eigenvalue weighted by Crippen LogP contribution is 2.23. The lowest BCUT2D eigenvalue weighted by molar-refractivity contribution is 0.353. The molecule has 3 rings (SSSR count). The Kier molecular flexibility index (Phi) is 3.73. The highest BCUT2D eigenvalue weighted by molar-refractivity contribution is 5.57. The van der Waals surface area contributed by atoms with Crippen LogP contribution < -0.4 is 10.5 Å². The summed E-state index contributed by atoms with van der Waals surface area (Å²) in [6.07, 6.45) is 1.22. The average Bonchev–Trinajstić information content (AvgIpc) is 2.47. The number of benzene rings is 1. The topological polar surface area (TPSA) is 61.9 Å². The standard InChI is InChI=1S/C16H20N4O/c1-11-8-12(2)10-20(9-11)16-17-15(21)14(18-19-16)13-6-4-3-5-7-13/h3-7,11-12H,8-10H2,1-2H3,(H,17,19,21). The Morgan fingerprint density at radius 1 is 1.10 bits per heavy atom. The van der Waals surface area contributed by atoms with E-state index in [0.717, 1.165) is 18.7 Å². The molecule has 0 spiro atoms. The minimum atomic E-state index is -0.183. The number of rotatable bonds is 2. The molecule has 1 aromatic heterocycles. The van der Waals surface area contributed by atoms with Gasteiger partial charge < -0.3 is 4.90 Å². The summed E-state index contributed by atoms with van der Waals surface area (Å²) in [6, 6.07) is 9.42. The van der Waals surface area contributed by atoms with Gasteiger partial charge in [-0.2, -0.15) is 0 Å². The van der Waals surface area contributed by atoms with Gasteiger partial charge in [-0.15, -0.1) is 10.2 Å². The molecule has 1 aliphatic heterocycles. The molecule has 1 N–H and O–H groups in total. The summed E-state index contributed by atoms with van der Waals surface area (Å²) in [5.41, 5.74) is 0.979. The third-order valence-corrected chi connectivity index (χ3v) is 3.90. The van der Waals surface area contributed by atoms with Crippen LogP contribution >= 0.6 is 0 Å². The van der Waals surface area contributed by atoms with E-state index in [1.807, 2.05) is 30.3 Å².